The van der Waals surface area contributed by atoms with Crippen LogP contribution in [0.15, 0.2) is 67.7 Å². The molecule has 3 heterocycles. The Kier molecular flexibility index (Phi) is 24.0. The fraction of sp³-hybridized carbons (Fsp3) is 0.500. The summed E-state index contributed by atoms with van der Waals surface area (Å²) in [6.45, 7) is 14.5. The van der Waals surface area contributed by atoms with Crippen molar-refractivity contribution in [1.29, 1.82) is 0 Å². The minimum absolute atomic E-state index is 0.0176. The number of carboxylic acid groups (broad SMARTS) is 1. The number of aryl methyl sites for hydroxylation is 3. The number of fused-ring (bicyclic) bond motifs is 2. The number of carboxylic acids is 1. The number of nitrogens with one attached hydrogen (secondary N) is 3. The molecule has 2 unspecified atom stereocenters. The largest absolute Gasteiger partial charge is 0.478 e. The van der Waals surface area contributed by atoms with Gasteiger partial charge in [0.1, 0.15) is 29.6 Å². The predicted octanol–water partition coefficient (Wildman–Crippen LogP) is 6.76. The van der Waals surface area contributed by atoms with Gasteiger partial charge >= 0.3 is 19.5 Å². The first kappa shape index (κ1) is 62.7. The number of aromatic amines is 1. The van der Waals surface area contributed by atoms with Gasteiger partial charge in [0.05, 0.1) is 76.5 Å². The van der Waals surface area contributed by atoms with Crippen LogP contribution in [0.4, 0.5) is 0 Å². The van der Waals surface area contributed by atoms with Gasteiger partial charge in [0.15, 0.2) is 0 Å². The van der Waals surface area contributed by atoms with Gasteiger partial charge in [0, 0.05) is 87.8 Å². The maximum Gasteiger partial charge on any atom is 0.472 e. The Hall–Kier alpha value is -4.48. The highest BCUT2D eigenvalue weighted by Gasteiger charge is 2.39. The number of aromatic carboxylic acids is 1. The second-order valence-electron chi connectivity index (χ2n) is 18.6. The van der Waals surface area contributed by atoms with Gasteiger partial charge in [-0.15, -0.1) is 0 Å². The first-order valence-corrected chi connectivity index (χ1v) is 29.9. The molecule has 0 spiro atoms. The van der Waals surface area contributed by atoms with Crippen molar-refractivity contribution in [2.75, 3.05) is 92.1 Å². The molecule has 26 heteroatoms. The van der Waals surface area contributed by atoms with E-state index in [4.69, 9.17) is 37.4 Å². The quantitative estimate of drug-likeness (QED) is 0.00765. The Morgan fingerprint density at radius 1 is 0.923 bits per heavy atom. The van der Waals surface area contributed by atoms with Crippen LogP contribution in [0.5, 0.6) is 0 Å². The number of rotatable bonds is 31. The summed E-state index contributed by atoms with van der Waals surface area (Å²) < 4.78 is 64.1. The molecule has 0 saturated carbocycles. The van der Waals surface area contributed by atoms with Crippen molar-refractivity contribution >= 4 is 80.8 Å². The number of benzene rings is 3. The molecule has 6 rings (SSSR count). The van der Waals surface area contributed by atoms with Crippen LogP contribution in [-0.2, 0) is 46.8 Å². The molecule has 0 radical (unpaired) electrons. The first-order chi connectivity index (χ1) is 37.2. The molecule has 3 aromatic rings. The average molecular weight is 1260 g/mol. The summed E-state index contributed by atoms with van der Waals surface area (Å²) in [4.78, 5) is 79.5. The van der Waals surface area contributed by atoms with E-state index in [1.165, 1.54) is 38.4 Å². The number of nitrogens with zero attached hydrogens (tertiary/aromatic N) is 2. The normalized spacial score (nSPS) is 16.7. The Morgan fingerprint density at radius 3 is 2.29 bits per heavy atom. The van der Waals surface area contributed by atoms with E-state index in [2.05, 4.69) is 47.7 Å². The summed E-state index contributed by atoms with van der Waals surface area (Å²) in [7, 11) is -0.397. The van der Waals surface area contributed by atoms with Gasteiger partial charge in [-0.3, -0.25) is 38.0 Å². The molecule has 5 N–H and O–H groups in total. The number of carbonyl (C=O) groups is 3. The third kappa shape index (κ3) is 18.0. The molecule has 1 saturated heterocycles. The molecule has 4 atom stereocenters. The van der Waals surface area contributed by atoms with Crippen molar-refractivity contribution < 1.29 is 70.8 Å². The lowest BCUT2D eigenvalue weighted by atomic mass is 9.88. The summed E-state index contributed by atoms with van der Waals surface area (Å²) in [5, 5.41) is 17.7. The van der Waals surface area contributed by atoms with E-state index in [1.54, 1.807) is 19.1 Å². The number of aromatic nitrogens is 2. The number of H-pyrrole nitrogens is 1. The standard InChI is InChI=1S/C52H67IN5O17PS2/c1-8-54-40-25-42-38(22-32(40)3)47(37-21-31(2)39(53)24-41(37)74-42)35-10-9-34(23-36(35)50(62)63)49(61)55-12-14-69-16-18-71-20-19-70-17-15-68-13-11-45(59)56-29-52(5,6)78-77-30-72-43-26-46(58-27-33(4)48(60)57-51(58)64)75-44(43)28-73-76(65,66)67-7/h9-10,21-25,27,43-44,46H,8,11-20,26,28-30H2,1-7H3,(H,55,61)(H,56,59)(H,62,63)(H,65,66)(H,57,60,64)/b54-40-/t43?,44-,46-/m1/s1. The van der Waals surface area contributed by atoms with E-state index in [0.717, 1.165) is 38.1 Å². The number of halogens is 1. The average Bonchev–Trinajstić information content (AvgIpc) is 3.96. The topological polar surface area (TPSA) is 287 Å². The van der Waals surface area contributed by atoms with E-state index in [-0.39, 0.29) is 73.5 Å². The summed E-state index contributed by atoms with van der Waals surface area (Å²) in [6, 6.07) is 12.5. The third-order valence-electron chi connectivity index (χ3n) is 12.1. The molecule has 78 heavy (non-hydrogen) atoms. The molecule has 0 bridgehead atoms. The maximum atomic E-state index is 13.2. The molecular weight excluding hydrogens is 1190 g/mol. The molecule has 1 aliphatic carbocycles. The number of phosphoric acid groups is 1. The van der Waals surface area contributed by atoms with Gasteiger partial charge in [0.2, 0.25) is 5.91 Å². The number of phosphoric ester groups is 1. The summed E-state index contributed by atoms with van der Waals surface area (Å²) in [5.74, 6) is -1.02. The van der Waals surface area contributed by atoms with Crippen molar-refractivity contribution in [2.24, 2.45) is 4.99 Å². The highest BCUT2D eigenvalue weighted by molar-refractivity contribution is 14.1. The van der Waals surface area contributed by atoms with Gasteiger partial charge in [-0.2, -0.15) is 0 Å². The minimum atomic E-state index is -4.32. The number of ether oxygens (including phenoxy) is 6. The zero-order valence-electron chi connectivity index (χ0n) is 44.5. The van der Waals surface area contributed by atoms with Crippen molar-refractivity contribution in [3.63, 3.8) is 0 Å². The van der Waals surface area contributed by atoms with Crippen LogP contribution in [0.2, 0.25) is 0 Å². The maximum absolute atomic E-state index is 13.2. The van der Waals surface area contributed by atoms with Crippen LogP contribution in [0.3, 0.4) is 0 Å². The zero-order valence-corrected chi connectivity index (χ0v) is 49.2. The van der Waals surface area contributed by atoms with E-state index in [1.807, 2.05) is 58.9 Å². The van der Waals surface area contributed by atoms with Crippen LogP contribution in [0, 0.1) is 24.3 Å². The summed E-state index contributed by atoms with van der Waals surface area (Å²) in [6.07, 6.45) is -0.546. The van der Waals surface area contributed by atoms with Crippen LogP contribution < -0.4 is 27.2 Å². The zero-order chi connectivity index (χ0) is 56.6. The first-order valence-electron chi connectivity index (χ1n) is 25.0. The van der Waals surface area contributed by atoms with Crippen molar-refractivity contribution in [2.45, 2.75) is 77.6 Å². The monoisotopic (exact) mass is 1260 g/mol. The second-order valence-corrected chi connectivity index (χ2v) is 24.2. The Bertz CT molecular complexity index is 3100. The van der Waals surface area contributed by atoms with Gasteiger partial charge < -0.3 is 53.5 Å². The smallest absolute Gasteiger partial charge is 0.472 e. The molecular formula is C52H67IN5O17PS2. The molecule has 22 nitrogen and oxygen atoms in total. The third-order valence-corrected chi connectivity index (χ3v) is 17.2. The van der Waals surface area contributed by atoms with Crippen LogP contribution in [0.25, 0.3) is 33.4 Å². The van der Waals surface area contributed by atoms with Crippen molar-refractivity contribution in [1.82, 2.24) is 20.2 Å². The fourth-order valence-electron chi connectivity index (χ4n) is 8.09. The van der Waals surface area contributed by atoms with Crippen LogP contribution in [-0.4, -0.2) is 146 Å². The van der Waals surface area contributed by atoms with E-state index < -0.39 is 49.4 Å². The van der Waals surface area contributed by atoms with Gasteiger partial charge in [0.25, 0.3) is 11.5 Å². The van der Waals surface area contributed by atoms with Crippen molar-refractivity contribution in [3.8, 4) is 22.5 Å². The Labute approximate surface area is 472 Å². The van der Waals surface area contributed by atoms with Gasteiger partial charge in [-0.05, 0) is 111 Å². The Morgan fingerprint density at radius 2 is 1.62 bits per heavy atom. The highest BCUT2D eigenvalue weighted by Crippen LogP contribution is 2.45. The molecule has 3 aliphatic rings. The molecule has 2 amide bonds. The summed E-state index contributed by atoms with van der Waals surface area (Å²) >= 11 is 2.25. The van der Waals surface area contributed by atoms with Gasteiger partial charge in [-0.1, -0.05) is 27.7 Å². The predicted molar refractivity (Wildman–Crippen MR) is 303 cm³/mol. The fourth-order valence-corrected chi connectivity index (χ4v) is 11.1. The molecule has 1 fully saturated rings. The lowest BCUT2D eigenvalue weighted by Crippen LogP contribution is -2.36. The van der Waals surface area contributed by atoms with Crippen LogP contribution in [0.1, 0.15) is 77.2 Å². The molecule has 2 aromatic carbocycles. The highest BCUT2D eigenvalue weighted by atomic mass is 127. The lowest BCUT2D eigenvalue weighted by molar-refractivity contribution is -0.122. The Balaban J connectivity index is 0.811. The molecule has 2 aliphatic heterocycles. The van der Waals surface area contributed by atoms with E-state index >= 15 is 0 Å². The number of hydrogen-bond donors (Lipinski definition) is 5. The van der Waals surface area contributed by atoms with E-state index in [9.17, 15) is 38.5 Å². The van der Waals surface area contributed by atoms with Gasteiger partial charge in [-0.25, -0.2) is 14.2 Å². The number of amides is 2. The van der Waals surface area contributed by atoms with E-state index in [0.29, 0.717) is 74.2 Å². The minimum Gasteiger partial charge on any atom is -0.478 e. The molecule has 426 valence electrons. The SMILES string of the molecule is CC/N=c1/cc2oc3cc(I)c(C)cc3c(-c3ccc(C(=O)NCCOCCOCCOCCOCCC(=O)NCC(C)(C)SSCOC4C[C@H](n5cc(C)c(=O)[nH]c5=O)O[C@@H]4COP(=O)(O)OC)cc3C(=O)O)c-2cc1C. The van der Waals surface area contributed by atoms with Crippen LogP contribution >= 0.6 is 52.0 Å². The molecule has 1 aromatic heterocycles. The summed E-state index contributed by atoms with van der Waals surface area (Å²) in [5.41, 5.74) is 3.76. The number of hydrogen-bond acceptors (Lipinski definition) is 18. The number of carbonyl (C=O) groups excluding carboxylic acids is 2. The van der Waals surface area contributed by atoms with Crippen molar-refractivity contribution in [3.05, 3.63) is 106 Å². The second kappa shape index (κ2) is 29.8. The lowest BCUT2D eigenvalue weighted by Gasteiger charge is -2.24.